The van der Waals surface area contributed by atoms with Gasteiger partial charge in [-0.3, -0.25) is 4.79 Å². The molecular weight excluding hydrogens is 229 g/mol. The molecular formula is C11H10FNO4. The van der Waals surface area contributed by atoms with Crippen LogP contribution in [-0.2, 0) is 0 Å². The summed E-state index contributed by atoms with van der Waals surface area (Å²) in [5, 5.41) is 36.4. The Labute approximate surface area is 96.4 Å². The molecule has 0 aliphatic rings. The smallest absolute Gasteiger partial charge is 0.165 e. The summed E-state index contributed by atoms with van der Waals surface area (Å²) in [4.78, 5) is 10.5. The second kappa shape index (κ2) is 5.39. The van der Waals surface area contributed by atoms with Gasteiger partial charge < -0.3 is 15.3 Å². The number of carbonyl (C=O) groups is 1. The normalized spacial score (nSPS) is 13.8. The molecule has 0 radical (unpaired) electrons. The van der Waals surface area contributed by atoms with Crippen molar-refractivity contribution in [3.05, 3.63) is 29.1 Å². The minimum absolute atomic E-state index is 0.0786. The van der Waals surface area contributed by atoms with E-state index in [9.17, 15) is 19.4 Å². The van der Waals surface area contributed by atoms with E-state index in [1.165, 1.54) is 0 Å². The standard InChI is InChI=1S/C11H10FNO4/c12-8-4-6(3-7(5-14)10(8)16)11(17)9(15)1-2-13/h3-5,9,11,15-17H,1H2. The third-order valence-corrected chi connectivity index (χ3v) is 2.25. The van der Waals surface area contributed by atoms with Gasteiger partial charge in [0.2, 0.25) is 0 Å². The number of nitriles is 1. The molecule has 0 aromatic heterocycles. The quantitative estimate of drug-likeness (QED) is 0.669. The molecule has 0 aliphatic heterocycles. The Morgan fingerprint density at radius 2 is 2.12 bits per heavy atom. The number of aliphatic hydroxyl groups is 2. The summed E-state index contributed by atoms with van der Waals surface area (Å²) in [6.45, 7) is 0. The van der Waals surface area contributed by atoms with Crippen molar-refractivity contribution in [1.82, 2.24) is 0 Å². The van der Waals surface area contributed by atoms with E-state index < -0.39 is 23.8 Å². The predicted octanol–water partition coefficient (Wildman–Crippen LogP) is 0.652. The van der Waals surface area contributed by atoms with Crippen molar-refractivity contribution in [2.45, 2.75) is 18.6 Å². The highest BCUT2D eigenvalue weighted by Crippen LogP contribution is 2.27. The van der Waals surface area contributed by atoms with Crippen LogP contribution in [0.1, 0.15) is 28.4 Å². The van der Waals surface area contributed by atoms with Crippen LogP contribution in [0.15, 0.2) is 12.1 Å². The minimum Gasteiger partial charge on any atom is -0.504 e. The topological polar surface area (TPSA) is 102 Å². The summed E-state index contributed by atoms with van der Waals surface area (Å²) in [6.07, 6.45) is -2.99. The molecule has 2 atom stereocenters. The molecule has 17 heavy (non-hydrogen) atoms. The van der Waals surface area contributed by atoms with E-state index in [-0.39, 0.29) is 23.8 Å². The number of rotatable bonds is 4. The maximum absolute atomic E-state index is 13.2. The molecule has 6 heteroatoms. The summed E-state index contributed by atoms with van der Waals surface area (Å²) in [7, 11) is 0. The lowest BCUT2D eigenvalue weighted by Gasteiger charge is -2.16. The highest BCUT2D eigenvalue weighted by atomic mass is 19.1. The number of halogens is 1. The molecule has 0 fully saturated rings. The summed E-state index contributed by atoms with van der Waals surface area (Å²) >= 11 is 0. The summed E-state index contributed by atoms with van der Waals surface area (Å²) in [5.41, 5.74) is -0.409. The van der Waals surface area contributed by atoms with E-state index in [0.29, 0.717) is 0 Å². The maximum Gasteiger partial charge on any atom is 0.165 e. The number of hydrogen-bond acceptors (Lipinski definition) is 5. The lowest BCUT2D eigenvalue weighted by Crippen LogP contribution is -2.17. The van der Waals surface area contributed by atoms with Gasteiger partial charge >= 0.3 is 0 Å². The van der Waals surface area contributed by atoms with Gasteiger partial charge in [0, 0.05) is 0 Å². The van der Waals surface area contributed by atoms with E-state index >= 15 is 0 Å². The number of phenolic OH excluding ortho intramolecular Hbond substituents is 1. The van der Waals surface area contributed by atoms with Gasteiger partial charge in [0.25, 0.3) is 0 Å². The van der Waals surface area contributed by atoms with Crippen LogP contribution in [-0.4, -0.2) is 27.7 Å². The molecule has 0 amide bonds. The van der Waals surface area contributed by atoms with E-state index in [1.807, 2.05) is 0 Å². The number of aldehydes is 1. The van der Waals surface area contributed by atoms with Gasteiger partial charge in [-0.2, -0.15) is 5.26 Å². The van der Waals surface area contributed by atoms with Gasteiger partial charge in [0.1, 0.15) is 6.10 Å². The van der Waals surface area contributed by atoms with Crippen molar-refractivity contribution in [3.63, 3.8) is 0 Å². The van der Waals surface area contributed by atoms with Crippen LogP contribution < -0.4 is 0 Å². The van der Waals surface area contributed by atoms with Crippen molar-refractivity contribution in [3.8, 4) is 11.8 Å². The number of carbonyl (C=O) groups excluding carboxylic acids is 1. The van der Waals surface area contributed by atoms with E-state index in [4.69, 9.17) is 10.4 Å². The number of benzene rings is 1. The number of nitrogens with zero attached hydrogens (tertiary/aromatic N) is 1. The van der Waals surface area contributed by atoms with Gasteiger partial charge in [-0.05, 0) is 17.7 Å². The molecule has 90 valence electrons. The van der Waals surface area contributed by atoms with Gasteiger partial charge in [-0.25, -0.2) is 4.39 Å². The van der Waals surface area contributed by atoms with Crippen LogP contribution in [0.4, 0.5) is 4.39 Å². The highest BCUT2D eigenvalue weighted by molar-refractivity contribution is 5.79. The molecule has 3 N–H and O–H groups in total. The third-order valence-electron chi connectivity index (χ3n) is 2.25. The van der Waals surface area contributed by atoms with Crippen LogP contribution in [0.5, 0.6) is 5.75 Å². The first kappa shape index (κ1) is 13.1. The zero-order valence-electron chi connectivity index (χ0n) is 8.67. The Kier molecular flexibility index (Phi) is 4.15. The third kappa shape index (κ3) is 2.78. The summed E-state index contributed by atoms with van der Waals surface area (Å²) in [5.74, 6) is -1.89. The monoisotopic (exact) mass is 239 g/mol. The Balaban J connectivity index is 3.11. The lowest BCUT2D eigenvalue weighted by molar-refractivity contribution is 0.0214. The maximum atomic E-state index is 13.2. The highest BCUT2D eigenvalue weighted by Gasteiger charge is 2.21. The first-order valence-corrected chi connectivity index (χ1v) is 4.72. The Morgan fingerprint density at radius 3 is 2.65 bits per heavy atom. The number of phenols is 1. The average Bonchev–Trinajstić information content (AvgIpc) is 2.31. The molecule has 2 unspecified atom stereocenters. The molecule has 0 saturated carbocycles. The zero-order chi connectivity index (χ0) is 13.0. The number of hydrogen-bond donors (Lipinski definition) is 3. The molecule has 0 spiro atoms. The summed E-state index contributed by atoms with van der Waals surface area (Å²) < 4.78 is 13.2. The van der Waals surface area contributed by atoms with Crippen molar-refractivity contribution in [2.24, 2.45) is 0 Å². The minimum atomic E-state index is -1.50. The van der Waals surface area contributed by atoms with Crippen molar-refractivity contribution < 1.29 is 24.5 Å². The molecule has 0 aliphatic carbocycles. The Bertz CT molecular complexity index is 469. The van der Waals surface area contributed by atoms with E-state index in [2.05, 4.69) is 0 Å². The van der Waals surface area contributed by atoms with Gasteiger partial charge in [-0.15, -0.1) is 0 Å². The Morgan fingerprint density at radius 1 is 1.47 bits per heavy atom. The second-order valence-electron chi connectivity index (χ2n) is 3.43. The van der Waals surface area contributed by atoms with Crippen molar-refractivity contribution in [1.29, 1.82) is 5.26 Å². The van der Waals surface area contributed by atoms with Crippen LogP contribution in [0, 0.1) is 17.1 Å². The van der Waals surface area contributed by atoms with Crippen molar-refractivity contribution in [2.75, 3.05) is 0 Å². The molecule has 5 nitrogen and oxygen atoms in total. The molecule has 0 saturated heterocycles. The predicted molar refractivity (Wildman–Crippen MR) is 54.6 cm³/mol. The van der Waals surface area contributed by atoms with E-state index in [0.717, 1.165) is 12.1 Å². The molecule has 0 bridgehead atoms. The van der Waals surface area contributed by atoms with Crippen molar-refractivity contribution >= 4 is 6.29 Å². The van der Waals surface area contributed by atoms with E-state index in [1.54, 1.807) is 6.07 Å². The average molecular weight is 239 g/mol. The second-order valence-corrected chi connectivity index (χ2v) is 3.43. The molecule has 1 aromatic rings. The molecule has 0 heterocycles. The van der Waals surface area contributed by atoms with Crippen LogP contribution in [0.2, 0.25) is 0 Å². The van der Waals surface area contributed by atoms with Crippen LogP contribution >= 0.6 is 0 Å². The van der Waals surface area contributed by atoms with Gasteiger partial charge in [-0.1, -0.05) is 0 Å². The zero-order valence-corrected chi connectivity index (χ0v) is 8.67. The molecule has 1 rings (SSSR count). The SMILES string of the molecule is N#CCC(O)C(O)c1cc(F)c(O)c(C=O)c1. The fourth-order valence-corrected chi connectivity index (χ4v) is 1.33. The fourth-order valence-electron chi connectivity index (χ4n) is 1.33. The first-order chi connectivity index (χ1) is 8.01. The Hall–Kier alpha value is -1.97. The van der Waals surface area contributed by atoms with Gasteiger partial charge in [0.05, 0.1) is 24.2 Å². The lowest BCUT2D eigenvalue weighted by atomic mass is 10.00. The summed E-state index contributed by atoms with van der Waals surface area (Å²) in [6, 6.07) is 3.50. The number of aromatic hydroxyl groups is 1. The number of aliphatic hydroxyl groups excluding tert-OH is 2. The first-order valence-electron chi connectivity index (χ1n) is 4.72. The largest absolute Gasteiger partial charge is 0.504 e. The van der Waals surface area contributed by atoms with Gasteiger partial charge in [0.15, 0.2) is 17.9 Å². The van der Waals surface area contributed by atoms with Crippen LogP contribution in [0.25, 0.3) is 0 Å². The fraction of sp³-hybridized carbons (Fsp3) is 0.273. The van der Waals surface area contributed by atoms with Crippen LogP contribution in [0.3, 0.4) is 0 Å². The molecule has 1 aromatic carbocycles.